The van der Waals surface area contributed by atoms with E-state index in [4.69, 9.17) is 9.47 Å². The molecule has 2 aromatic rings. The molecule has 2 aliphatic heterocycles. The lowest BCUT2D eigenvalue weighted by molar-refractivity contribution is -0.164. The number of ether oxygens (including phenoxy) is 2. The van der Waals surface area contributed by atoms with Gasteiger partial charge in [0.1, 0.15) is 5.41 Å². The van der Waals surface area contributed by atoms with Crippen LogP contribution in [0.4, 0.5) is 5.69 Å². The van der Waals surface area contributed by atoms with Gasteiger partial charge in [-0.05, 0) is 30.2 Å². The smallest absolute Gasteiger partial charge is 0.321 e. The van der Waals surface area contributed by atoms with E-state index in [1.807, 2.05) is 0 Å². The number of hydrogen-bond donors (Lipinski definition) is 1. The van der Waals surface area contributed by atoms with E-state index in [-0.39, 0.29) is 24.1 Å². The Morgan fingerprint density at radius 2 is 1.44 bits per heavy atom. The zero-order chi connectivity index (χ0) is 23.0. The Morgan fingerprint density at radius 3 is 2.00 bits per heavy atom. The van der Waals surface area contributed by atoms with Gasteiger partial charge in [-0.3, -0.25) is 28.9 Å². The molecule has 0 aromatic heterocycles. The predicted octanol–water partition coefficient (Wildman–Crippen LogP) is 1.52. The molecule has 0 saturated heterocycles. The molecule has 9 nitrogen and oxygen atoms in total. The lowest BCUT2D eigenvalue weighted by Crippen LogP contribution is -2.52. The molecular formula is C23H20N2O7. The van der Waals surface area contributed by atoms with Crippen molar-refractivity contribution in [1.82, 2.24) is 4.90 Å². The summed E-state index contributed by atoms with van der Waals surface area (Å²) in [6.07, 6.45) is -0.184. The van der Waals surface area contributed by atoms with Crippen molar-refractivity contribution < 1.29 is 33.4 Å². The van der Waals surface area contributed by atoms with Crippen LogP contribution in [0.5, 0.6) is 0 Å². The van der Waals surface area contributed by atoms with Crippen molar-refractivity contribution in [1.29, 1.82) is 0 Å². The standard InChI is InChI=1S/C23H20N2O7/c1-31-20(28)17(21(29)32-2)23(15-9-5-6-10-16(15)24-22(23)30)11-12-25-18(26)13-7-3-4-8-14(13)19(25)27/h3-10,17H,11-12H2,1-2H3,(H,24,30). The Morgan fingerprint density at radius 1 is 0.906 bits per heavy atom. The van der Waals surface area contributed by atoms with Crippen LogP contribution in [0.2, 0.25) is 0 Å². The second kappa shape index (κ2) is 7.92. The largest absolute Gasteiger partial charge is 0.468 e. The summed E-state index contributed by atoms with van der Waals surface area (Å²) in [6, 6.07) is 13.0. The van der Waals surface area contributed by atoms with E-state index >= 15 is 0 Å². The number of amides is 3. The number of fused-ring (bicyclic) bond motifs is 2. The van der Waals surface area contributed by atoms with E-state index in [0.29, 0.717) is 11.3 Å². The highest BCUT2D eigenvalue weighted by Crippen LogP contribution is 2.47. The SMILES string of the molecule is COC(=O)C(C(=O)OC)C1(CCN2C(=O)c3ccccc3C2=O)C(=O)Nc2ccccc21. The van der Waals surface area contributed by atoms with Crippen LogP contribution >= 0.6 is 0 Å². The average Bonchev–Trinajstić information content (AvgIpc) is 3.23. The number of imide groups is 1. The normalized spacial score (nSPS) is 19.0. The van der Waals surface area contributed by atoms with Gasteiger partial charge in [0.25, 0.3) is 11.8 Å². The third kappa shape index (κ3) is 2.96. The molecule has 2 heterocycles. The van der Waals surface area contributed by atoms with Crippen molar-refractivity contribution in [2.24, 2.45) is 5.92 Å². The van der Waals surface area contributed by atoms with E-state index in [2.05, 4.69) is 5.32 Å². The van der Waals surface area contributed by atoms with Gasteiger partial charge in [0.05, 0.1) is 25.3 Å². The Labute approximate surface area is 183 Å². The zero-order valence-electron chi connectivity index (χ0n) is 17.4. The van der Waals surface area contributed by atoms with Crippen LogP contribution in [0.15, 0.2) is 48.5 Å². The lowest BCUT2D eigenvalue weighted by Gasteiger charge is -2.33. The van der Waals surface area contributed by atoms with E-state index < -0.39 is 41.0 Å². The molecule has 0 saturated carbocycles. The molecule has 32 heavy (non-hydrogen) atoms. The first kappa shape index (κ1) is 21.2. The molecule has 4 rings (SSSR count). The molecule has 2 aliphatic rings. The number of hydrogen-bond acceptors (Lipinski definition) is 7. The van der Waals surface area contributed by atoms with Gasteiger partial charge in [-0.1, -0.05) is 30.3 Å². The maximum Gasteiger partial charge on any atom is 0.321 e. The van der Waals surface area contributed by atoms with Gasteiger partial charge < -0.3 is 14.8 Å². The van der Waals surface area contributed by atoms with Gasteiger partial charge in [0.2, 0.25) is 5.91 Å². The number of methoxy groups -OCH3 is 2. The van der Waals surface area contributed by atoms with E-state index in [9.17, 15) is 24.0 Å². The first-order valence-corrected chi connectivity index (χ1v) is 9.88. The van der Waals surface area contributed by atoms with Gasteiger partial charge in [-0.15, -0.1) is 0 Å². The monoisotopic (exact) mass is 436 g/mol. The van der Waals surface area contributed by atoms with Gasteiger partial charge in [-0.25, -0.2) is 0 Å². The summed E-state index contributed by atoms with van der Waals surface area (Å²) in [5, 5.41) is 2.70. The Kier molecular flexibility index (Phi) is 5.25. The molecule has 0 radical (unpaired) electrons. The highest BCUT2D eigenvalue weighted by molar-refractivity contribution is 6.21. The maximum atomic E-state index is 13.3. The van der Waals surface area contributed by atoms with Crippen LogP contribution in [0.25, 0.3) is 0 Å². The molecule has 1 N–H and O–H groups in total. The van der Waals surface area contributed by atoms with Gasteiger partial charge in [0, 0.05) is 12.2 Å². The van der Waals surface area contributed by atoms with Crippen LogP contribution in [0, 0.1) is 5.92 Å². The Hall–Kier alpha value is -4.01. The molecule has 2 aromatic carbocycles. The fourth-order valence-electron chi connectivity index (χ4n) is 4.48. The molecule has 3 amide bonds. The van der Waals surface area contributed by atoms with E-state index in [0.717, 1.165) is 19.1 Å². The maximum absolute atomic E-state index is 13.3. The number of anilines is 1. The number of esters is 2. The van der Waals surface area contributed by atoms with Crippen molar-refractivity contribution in [2.45, 2.75) is 11.8 Å². The summed E-state index contributed by atoms with van der Waals surface area (Å²) >= 11 is 0. The van der Waals surface area contributed by atoms with Crippen LogP contribution in [-0.2, 0) is 29.3 Å². The van der Waals surface area contributed by atoms with E-state index in [1.165, 1.54) is 0 Å². The van der Waals surface area contributed by atoms with Crippen molar-refractivity contribution in [3.8, 4) is 0 Å². The van der Waals surface area contributed by atoms with Gasteiger partial charge >= 0.3 is 11.9 Å². The van der Waals surface area contributed by atoms with Crippen LogP contribution in [0.3, 0.4) is 0 Å². The molecule has 0 aliphatic carbocycles. The third-order valence-corrected chi connectivity index (χ3v) is 6.04. The fourth-order valence-corrected chi connectivity index (χ4v) is 4.48. The minimum Gasteiger partial charge on any atom is -0.468 e. The number of rotatable bonds is 6. The number of carbonyl (C=O) groups is 5. The summed E-state index contributed by atoms with van der Waals surface area (Å²) in [7, 11) is 2.21. The van der Waals surface area contributed by atoms with Crippen LogP contribution < -0.4 is 5.32 Å². The fraction of sp³-hybridized carbons (Fsp3) is 0.261. The number of carbonyl (C=O) groups excluding carboxylic acids is 5. The number of nitrogens with one attached hydrogen (secondary N) is 1. The first-order valence-electron chi connectivity index (χ1n) is 9.88. The molecule has 0 fully saturated rings. The lowest BCUT2D eigenvalue weighted by atomic mass is 9.68. The number of benzene rings is 2. The van der Waals surface area contributed by atoms with Crippen molar-refractivity contribution in [2.75, 3.05) is 26.1 Å². The quantitative estimate of drug-likeness (QED) is 0.414. The molecule has 164 valence electrons. The highest BCUT2D eigenvalue weighted by atomic mass is 16.5. The molecule has 9 heteroatoms. The van der Waals surface area contributed by atoms with Crippen LogP contribution in [0.1, 0.15) is 32.7 Å². The van der Waals surface area contributed by atoms with Crippen LogP contribution in [-0.4, -0.2) is 55.3 Å². The van der Waals surface area contributed by atoms with Crippen molar-refractivity contribution in [3.05, 3.63) is 65.2 Å². The third-order valence-electron chi connectivity index (χ3n) is 6.04. The summed E-state index contributed by atoms with van der Waals surface area (Å²) in [5.74, 6) is -5.15. The number of para-hydroxylation sites is 1. The second-order valence-electron chi connectivity index (χ2n) is 7.51. The Bertz CT molecular complexity index is 1110. The Balaban J connectivity index is 1.78. The second-order valence-corrected chi connectivity index (χ2v) is 7.51. The first-order chi connectivity index (χ1) is 15.4. The molecular weight excluding hydrogens is 416 g/mol. The summed E-state index contributed by atoms with van der Waals surface area (Å²) in [4.78, 5) is 65.4. The summed E-state index contributed by atoms with van der Waals surface area (Å²) in [6.45, 7) is -0.196. The highest BCUT2D eigenvalue weighted by Gasteiger charge is 2.59. The molecule has 0 spiro atoms. The minimum absolute atomic E-state index is 0.184. The van der Waals surface area contributed by atoms with E-state index in [1.54, 1.807) is 48.5 Å². The molecule has 1 atom stereocenters. The van der Waals surface area contributed by atoms with Crippen molar-refractivity contribution in [3.63, 3.8) is 0 Å². The average molecular weight is 436 g/mol. The topological polar surface area (TPSA) is 119 Å². The molecule has 0 bridgehead atoms. The predicted molar refractivity (Wildman–Crippen MR) is 111 cm³/mol. The zero-order valence-corrected chi connectivity index (χ0v) is 17.4. The van der Waals surface area contributed by atoms with Crippen molar-refractivity contribution >= 4 is 35.3 Å². The summed E-state index contributed by atoms with van der Waals surface area (Å²) in [5.41, 5.74) is -0.382. The summed E-state index contributed by atoms with van der Waals surface area (Å²) < 4.78 is 9.67. The van der Waals surface area contributed by atoms with Gasteiger partial charge in [0.15, 0.2) is 5.92 Å². The van der Waals surface area contributed by atoms with Gasteiger partial charge in [-0.2, -0.15) is 0 Å². The minimum atomic E-state index is -1.73. The molecule has 1 unspecified atom stereocenters. The number of nitrogens with zero attached hydrogens (tertiary/aromatic N) is 1.